The van der Waals surface area contributed by atoms with Crippen molar-refractivity contribution in [2.24, 2.45) is 0 Å². The van der Waals surface area contributed by atoms with Crippen LogP contribution in [0.25, 0.3) is 0 Å². The van der Waals surface area contributed by atoms with Gasteiger partial charge in [0.1, 0.15) is 5.82 Å². The summed E-state index contributed by atoms with van der Waals surface area (Å²) in [6, 6.07) is 11.2. The maximum Gasteiger partial charge on any atom is 0.260 e. The van der Waals surface area contributed by atoms with Gasteiger partial charge < -0.3 is 10.2 Å². The van der Waals surface area contributed by atoms with E-state index in [0.717, 1.165) is 0 Å². The maximum atomic E-state index is 13.8. The Bertz CT molecular complexity index is 660. The number of amides is 1. The first kappa shape index (κ1) is 15.3. The van der Waals surface area contributed by atoms with Crippen LogP contribution in [0.1, 0.15) is 17.3 Å². The third-order valence-electron chi connectivity index (χ3n) is 3.10. The SMILES string of the molecule is CCNc1ccc(Cl)cc1C(=O)N(C)c1ccccc1F. The number of para-hydroxylation sites is 1. The van der Waals surface area contributed by atoms with Crippen molar-refractivity contribution < 1.29 is 9.18 Å². The standard InChI is InChI=1S/C16H16ClFN2O/c1-3-19-14-9-8-11(17)10-12(14)16(21)20(2)15-7-5-4-6-13(15)18/h4-10,19H,3H2,1-2H3. The number of halogens is 2. The molecule has 110 valence electrons. The predicted octanol–water partition coefficient (Wildman–Crippen LogP) is 4.19. The van der Waals surface area contributed by atoms with E-state index in [4.69, 9.17) is 11.6 Å². The highest BCUT2D eigenvalue weighted by Crippen LogP contribution is 2.25. The van der Waals surface area contributed by atoms with Crippen LogP contribution in [0.15, 0.2) is 42.5 Å². The molecule has 21 heavy (non-hydrogen) atoms. The lowest BCUT2D eigenvalue weighted by molar-refractivity contribution is 0.0993. The molecule has 0 atom stereocenters. The Morgan fingerprint density at radius 1 is 1.29 bits per heavy atom. The van der Waals surface area contributed by atoms with Crippen molar-refractivity contribution in [3.05, 3.63) is 58.9 Å². The van der Waals surface area contributed by atoms with Crippen molar-refractivity contribution in [2.45, 2.75) is 6.92 Å². The van der Waals surface area contributed by atoms with E-state index in [0.29, 0.717) is 22.8 Å². The first-order chi connectivity index (χ1) is 10.0. The van der Waals surface area contributed by atoms with Gasteiger partial charge in [-0.05, 0) is 37.3 Å². The fourth-order valence-electron chi connectivity index (χ4n) is 2.05. The zero-order valence-electron chi connectivity index (χ0n) is 11.9. The topological polar surface area (TPSA) is 32.3 Å². The van der Waals surface area contributed by atoms with Gasteiger partial charge in [-0.15, -0.1) is 0 Å². The van der Waals surface area contributed by atoms with E-state index in [-0.39, 0.29) is 11.6 Å². The molecule has 0 heterocycles. The number of benzene rings is 2. The van der Waals surface area contributed by atoms with E-state index in [1.165, 1.54) is 18.0 Å². The molecule has 0 unspecified atom stereocenters. The molecule has 1 amide bonds. The monoisotopic (exact) mass is 306 g/mol. The number of hydrogen-bond donors (Lipinski definition) is 1. The number of hydrogen-bond acceptors (Lipinski definition) is 2. The number of carbonyl (C=O) groups is 1. The van der Waals surface area contributed by atoms with Crippen LogP contribution < -0.4 is 10.2 Å². The van der Waals surface area contributed by atoms with Crippen LogP contribution in [0.4, 0.5) is 15.8 Å². The molecule has 0 aliphatic heterocycles. The summed E-state index contributed by atoms with van der Waals surface area (Å²) in [6.45, 7) is 2.61. The Hall–Kier alpha value is -2.07. The highest BCUT2D eigenvalue weighted by molar-refractivity contribution is 6.31. The van der Waals surface area contributed by atoms with E-state index < -0.39 is 5.82 Å². The van der Waals surface area contributed by atoms with Crippen molar-refractivity contribution in [1.82, 2.24) is 0 Å². The van der Waals surface area contributed by atoms with E-state index in [1.807, 2.05) is 6.92 Å². The van der Waals surface area contributed by atoms with Gasteiger partial charge in [-0.1, -0.05) is 23.7 Å². The van der Waals surface area contributed by atoms with Crippen LogP contribution in [0, 0.1) is 5.82 Å². The molecule has 2 aromatic carbocycles. The average molecular weight is 307 g/mol. The Balaban J connectivity index is 2.40. The minimum atomic E-state index is -0.444. The first-order valence-corrected chi connectivity index (χ1v) is 6.98. The molecule has 1 N–H and O–H groups in total. The summed E-state index contributed by atoms with van der Waals surface area (Å²) in [5.41, 5.74) is 1.31. The highest BCUT2D eigenvalue weighted by atomic mass is 35.5. The summed E-state index contributed by atoms with van der Waals surface area (Å²) in [7, 11) is 1.54. The van der Waals surface area contributed by atoms with Crippen LogP contribution in [0.2, 0.25) is 5.02 Å². The molecule has 0 saturated carbocycles. The minimum Gasteiger partial charge on any atom is -0.385 e. The Morgan fingerprint density at radius 2 is 2.00 bits per heavy atom. The predicted molar refractivity (Wildman–Crippen MR) is 84.7 cm³/mol. The number of nitrogens with one attached hydrogen (secondary N) is 1. The molecule has 0 aromatic heterocycles. The summed E-state index contributed by atoms with van der Waals surface area (Å²) >= 11 is 5.97. The summed E-state index contributed by atoms with van der Waals surface area (Å²) in [6.07, 6.45) is 0. The molecule has 0 spiro atoms. The lowest BCUT2D eigenvalue weighted by Crippen LogP contribution is -2.28. The number of nitrogens with zero attached hydrogens (tertiary/aromatic N) is 1. The second-order valence-corrected chi connectivity index (χ2v) is 4.97. The third-order valence-corrected chi connectivity index (χ3v) is 3.33. The van der Waals surface area contributed by atoms with Crippen LogP contribution in [-0.2, 0) is 0 Å². The van der Waals surface area contributed by atoms with Gasteiger partial charge in [0.05, 0.1) is 11.3 Å². The third kappa shape index (κ3) is 3.34. The molecule has 0 bridgehead atoms. The number of anilines is 2. The molecule has 0 radical (unpaired) electrons. The van der Waals surface area contributed by atoms with Crippen LogP contribution in [0.3, 0.4) is 0 Å². The average Bonchev–Trinajstić information content (AvgIpc) is 2.48. The van der Waals surface area contributed by atoms with Gasteiger partial charge in [0.2, 0.25) is 0 Å². The van der Waals surface area contributed by atoms with E-state index in [9.17, 15) is 9.18 Å². The quantitative estimate of drug-likeness (QED) is 0.918. The molecule has 2 rings (SSSR count). The van der Waals surface area contributed by atoms with Gasteiger partial charge in [-0.2, -0.15) is 0 Å². The van der Waals surface area contributed by atoms with E-state index in [2.05, 4.69) is 5.32 Å². The van der Waals surface area contributed by atoms with Gasteiger partial charge in [-0.25, -0.2) is 4.39 Å². The van der Waals surface area contributed by atoms with Crippen molar-refractivity contribution in [1.29, 1.82) is 0 Å². The summed E-state index contributed by atoms with van der Waals surface area (Å²) in [5, 5.41) is 3.57. The fourth-order valence-corrected chi connectivity index (χ4v) is 2.22. The van der Waals surface area contributed by atoms with Gasteiger partial charge in [0, 0.05) is 24.3 Å². The molecular formula is C16H16ClFN2O. The number of rotatable bonds is 4. The van der Waals surface area contributed by atoms with Gasteiger partial charge >= 0.3 is 0 Å². The molecule has 0 aliphatic carbocycles. The fraction of sp³-hybridized carbons (Fsp3) is 0.188. The molecule has 2 aromatic rings. The van der Waals surface area contributed by atoms with Crippen molar-refractivity contribution in [2.75, 3.05) is 23.8 Å². The molecule has 0 fully saturated rings. The zero-order chi connectivity index (χ0) is 15.4. The molecule has 5 heteroatoms. The highest BCUT2D eigenvalue weighted by Gasteiger charge is 2.19. The lowest BCUT2D eigenvalue weighted by atomic mass is 10.1. The normalized spacial score (nSPS) is 10.3. The molecule has 0 aliphatic rings. The van der Waals surface area contributed by atoms with Crippen molar-refractivity contribution in [3.63, 3.8) is 0 Å². The summed E-state index contributed by atoms with van der Waals surface area (Å²) < 4.78 is 13.8. The Kier molecular flexibility index (Phi) is 4.81. The summed E-state index contributed by atoms with van der Waals surface area (Å²) in [5.74, 6) is -0.765. The first-order valence-electron chi connectivity index (χ1n) is 6.60. The molecular weight excluding hydrogens is 291 g/mol. The van der Waals surface area contributed by atoms with E-state index >= 15 is 0 Å². The van der Waals surface area contributed by atoms with E-state index in [1.54, 1.807) is 36.4 Å². The smallest absolute Gasteiger partial charge is 0.260 e. The second kappa shape index (κ2) is 6.59. The van der Waals surface area contributed by atoms with Crippen LogP contribution in [0.5, 0.6) is 0 Å². The Labute approximate surface area is 128 Å². The molecule has 0 saturated heterocycles. The van der Waals surface area contributed by atoms with Crippen LogP contribution >= 0.6 is 11.6 Å². The number of carbonyl (C=O) groups excluding carboxylic acids is 1. The largest absolute Gasteiger partial charge is 0.385 e. The Morgan fingerprint density at radius 3 is 2.67 bits per heavy atom. The van der Waals surface area contributed by atoms with Gasteiger partial charge in [-0.3, -0.25) is 4.79 Å². The maximum absolute atomic E-state index is 13.8. The molecule has 3 nitrogen and oxygen atoms in total. The van der Waals surface area contributed by atoms with Gasteiger partial charge in [0.15, 0.2) is 0 Å². The minimum absolute atomic E-state index is 0.227. The van der Waals surface area contributed by atoms with Crippen molar-refractivity contribution >= 4 is 28.9 Å². The lowest BCUT2D eigenvalue weighted by Gasteiger charge is -2.20. The second-order valence-electron chi connectivity index (χ2n) is 4.54. The van der Waals surface area contributed by atoms with Gasteiger partial charge in [0.25, 0.3) is 5.91 Å². The van der Waals surface area contributed by atoms with Crippen LogP contribution in [-0.4, -0.2) is 19.5 Å². The van der Waals surface area contributed by atoms with Crippen molar-refractivity contribution in [3.8, 4) is 0 Å². The zero-order valence-corrected chi connectivity index (χ0v) is 12.6. The summed E-state index contributed by atoms with van der Waals surface area (Å²) in [4.78, 5) is 13.9.